The zero-order valence-corrected chi connectivity index (χ0v) is 17.9. The molecule has 3 saturated carbocycles. The highest BCUT2D eigenvalue weighted by Gasteiger charge is 2.68. The van der Waals surface area contributed by atoms with Gasteiger partial charge in [0, 0.05) is 17.8 Å². The first-order valence-electron chi connectivity index (χ1n) is 11.4. The van der Waals surface area contributed by atoms with Crippen LogP contribution in [0.25, 0.3) is 0 Å². The standard InChI is InChI=1S/C23H38O5/c1-20-12-17(25)19-15(13-28-22(3)11-14(24)7-8-21(19,22)2)16(20)5-6-18(20)23(4)26-9-10-27-23/h14-19,24-25H,5-13H2,1-4H3/t14?,15?,16?,17-,18?,19?,20?,21?,22?/m0/s1. The van der Waals surface area contributed by atoms with Gasteiger partial charge in [-0.2, -0.15) is 0 Å². The number of hydrogen-bond donors (Lipinski definition) is 2. The SMILES string of the molecule is CC1(C2CCC3C4COC5(C)CC(O)CCC5(C)C4[C@@H](O)CC32C)OCCO1. The second-order valence-corrected chi connectivity index (χ2v) is 11.3. The Kier molecular flexibility index (Phi) is 4.35. The van der Waals surface area contributed by atoms with Gasteiger partial charge in [-0.3, -0.25) is 0 Å². The van der Waals surface area contributed by atoms with Crippen molar-refractivity contribution in [2.75, 3.05) is 19.8 Å². The normalized spacial score (nSPS) is 58.1. The van der Waals surface area contributed by atoms with E-state index in [2.05, 4.69) is 27.7 Å². The fraction of sp³-hybridized carbons (Fsp3) is 1.00. The minimum absolute atomic E-state index is 0.0152. The Balaban J connectivity index is 1.48. The molecule has 0 aromatic heterocycles. The van der Waals surface area contributed by atoms with Crippen LogP contribution in [-0.2, 0) is 14.2 Å². The van der Waals surface area contributed by atoms with Crippen LogP contribution in [0.2, 0.25) is 0 Å². The van der Waals surface area contributed by atoms with Crippen LogP contribution >= 0.6 is 0 Å². The summed E-state index contributed by atoms with van der Waals surface area (Å²) in [5.41, 5.74) is -0.415. The van der Waals surface area contributed by atoms with Crippen molar-refractivity contribution in [1.29, 1.82) is 0 Å². The highest BCUT2D eigenvalue weighted by atomic mass is 16.7. The third-order valence-corrected chi connectivity index (χ3v) is 10.1. The van der Waals surface area contributed by atoms with Crippen molar-refractivity contribution in [3.63, 3.8) is 0 Å². The summed E-state index contributed by atoms with van der Waals surface area (Å²) < 4.78 is 18.7. The maximum atomic E-state index is 11.5. The van der Waals surface area contributed by atoms with Crippen LogP contribution in [-0.4, -0.2) is 53.6 Å². The molecule has 5 fully saturated rings. The van der Waals surface area contributed by atoms with Gasteiger partial charge in [-0.25, -0.2) is 0 Å². The second-order valence-electron chi connectivity index (χ2n) is 11.3. The Hall–Kier alpha value is -0.200. The van der Waals surface area contributed by atoms with E-state index in [1.54, 1.807) is 0 Å². The summed E-state index contributed by atoms with van der Waals surface area (Å²) in [5.74, 6) is 0.950. The lowest BCUT2D eigenvalue weighted by Crippen LogP contribution is -2.67. The molecule has 5 aliphatic rings. The van der Waals surface area contributed by atoms with E-state index in [1.807, 2.05) is 0 Å². The number of ether oxygens (including phenoxy) is 3. The van der Waals surface area contributed by atoms with Gasteiger partial charge in [0.2, 0.25) is 0 Å². The Morgan fingerprint density at radius 3 is 2.29 bits per heavy atom. The average molecular weight is 395 g/mol. The summed E-state index contributed by atoms with van der Waals surface area (Å²) in [7, 11) is 0. The lowest BCUT2D eigenvalue weighted by Gasteiger charge is -2.65. The maximum Gasteiger partial charge on any atom is 0.169 e. The third-order valence-electron chi connectivity index (χ3n) is 10.1. The van der Waals surface area contributed by atoms with E-state index in [-0.39, 0.29) is 34.6 Å². The molecule has 0 aromatic carbocycles. The third kappa shape index (κ3) is 2.43. The van der Waals surface area contributed by atoms with Crippen molar-refractivity contribution >= 4 is 0 Å². The van der Waals surface area contributed by atoms with Gasteiger partial charge in [0.05, 0.1) is 37.6 Å². The second kappa shape index (κ2) is 6.16. The zero-order chi connectivity index (χ0) is 19.9. The predicted octanol–water partition coefficient (Wildman–Crippen LogP) is 3.12. The topological polar surface area (TPSA) is 68.2 Å². The molecule has 9 atom stereocenters. The molecule has 5 heteroatoms. The molecule has 0 amide bonds. The molecule has 0 spiro atoms. The minimum Gasteiger partial charge on any atom is -0.393 e. The Bertz CT molecular complexity index is 632. The molecule has 0 aromatic rings. The van der Waals surface area contributed by atoms with Crippen LogP contribution in [0.4, 0.5) is 0 Å². The number of fused-ring (bicyclic) bond motifs is 5. The van der Waals surface area contributed by atoms with Crippen molar-refractivity contribution in [3.8, 4) is 0 Å². The van der Waals surface area contributed by atoms with E-state index in [4.69, 9.17) is 14.2 Å². The molecule has 8 unspecified atom stereocenters. The lowest BCUT2D eigenvalue weighted by molar-refractivity contribution is -0.290. The van der Waals surface area contributed by atoms with Crippen LogP contribution in [0.1, 0.15) is 66.2 Å². The van der Waals surface area contributed by atoms with E-state index in [0.29, 0.717) is 44.0 Å². The quantitative estimate of drug-likeness (QED) is 0.715. The summed E-state index contributed by atoms with van der Waals surface area (Å²) in [6, 6.07) is 0. The maximum absolute atomic E-state index is 11.5. The average Bonchev–Trinajstić information content (AvgIpc) is 3.19. The van der Waals surface area contributed by atoms with E-state index in [0.717, 1.165) is 32.1 Å². The van der Waals surface area contributed by atoms with Crippen molar-refractivity contribution < 1.29 is 24.4 Å². The van der Waals surface area contributed by atoms with E-state index in [9.17, 15) is 10.2 Å². The molecular weight excluding hydrogens is 356 g/mol. The van der Waals surface area contributed by atoms with Crippen LogP contribution < -0.4 is 0 Å². The van der Waals surface area contributed by atoms with Crippen LogP contribution in [0.15, 0.2) is 0 Å². The number of aliphatic hydroxyl groups is 2. The summed E-state index contributed by atoms with van der Waals surface area (Å²) in [6.07, 6.45) is 4.89. The van der Waals surface area contributed by atoms with Gasteiger partial charge in [0.1, 0.15) is 0 Å². The number of aliphatic hydroxyl groups excluding tert-OH is 2. The van der Waals surface area contributed by atoms with Gasteiger partial charge in [-0.1, -0.05) is 13.8 Å². The smallest absolute Gasteiger partial charge is 0.169 e. The van der Waals surface area contributed by atoms with E-state index >= 15 is 0 Å². The number of rotatable bonds is 1. The molecule has 0 bridgehead atoms. The zero-order valence-electron chi connectivity index (χ0n) is 17.9. The van der Waals surface area contributed by atoms with Gasteiger partial charge < -0.3 is 24.4 Å². The van der Waals surface area contributed by atoms with Gasteiger partial charge >= 0.3 is 0 Å². The highest BCUT2D eigenvalue weighted by Crippen LogP contribution is 2.68. The predicted molar refractivity (Wildman–Crippen MR) is 105 cm³/mol. The largest absolute Gasteiger partial charge is 0.393 e. The first-order chi connectivity index (χ1) is 13.1. The van der Waals surface area contributed by atoms with Gasteiger partial charge in [0.25, 0.3) is 0 Å². The lowest BCUT2D eigenvalue weighted by atomic mass is 9.45. The molecule has 5 nitrogen and oxygen atoms in total. The van der Waals surface area contributed by atoms with Gasteiger partial charge in [-0.05, 0) is 69.1 Å². The molecule has 2 aliphatic heterocycles. The summed E-state index contributed by atoms with van der Waals surface area (Å²) in [6.45, 7) is 11.0. The molecule has 5 rings (SSSR count). The van der Waals surface area contributed by atoms with Crippen LogP contribution in [0.3, 0.4) is 0 Å². The van der Waals surface area contributed by atoms with Gasteiger partial charge in [-0.15, -0.1) is 0 Å². The van der Waals surface area contributed by atoms with Crippen molar-refractivity contribution in [2.24, 2.45) is 34.5 Å². The fourth-order valence-electron chi connectivity index (χ4n) is 8.62. The monoisotopic (exact) mass is 394 g/mol. The van der Waals surface area contributed by atoms with Crippen molar-refractivity contribution in [3.05, 3.63) is 0 Å². The molecule has 28 heavy (non-hydrogen) atoms. The highest BCUT2D eigenvalue weighted by molar-refractivity contribution is 5.16. The molecule has 160 valence electrons. The van der Waals surface area contributed by atoms with Gasteiger partial charge in [0.15, 0.2) is 5.79 Å². The first kappa shape index (κ1) is 19.7. The van der Waals surface area contributed by atoms with Crippen LogP contribution in [0.5, 0.6) is 0 Å². The van der Waals surface area contributed by atoms with Crippen molar-refractivity contribution in [1.82, 2.24) is 0 Å². The van der Waals surface area contributed by atoms with E-state index < -0.39 is 5.79 Å². The molecule has 0 radical (unpaired) electrons. The molecule has 2 N–H and O–H groups in total. The fourth-order valence-corrected chi connectivity index (χ4v) is 8.62. The van der Waals surface area contributed by atoms with Crippen LogP contribution in [0, 0.1) is 34.5 Å². The summed E-state index contributed by atoms with van der Waals surface area (Å²) >= 11 is 0. The first-order valence-corrected chi connectivity index (χ1v) is 11.4. The minimum atomic E-state index is -0.515. The van der Waals surface area contributed by atoms with E-state index in [1.165, 1.54) is 0 Å². The van der Waals surface area contributed by atoms with Crippen molar-refractivity contribution in [2.45, 2.75) is 89.8 Å². The summed E-state index contributed by atoms with van der Waals surface area (Å²) in [5, 5.41) is 21.8. The summed E-state index contributed by atoms with van der Waals surface area (Å²) in [4.78, 5) is 0. The number of hydrogen-bond acceptors (Lipinski definition) is 5. The Labute approximate surface area is 169 Å². The Morgan fingerprint density at radius 2 is 1.57 bits per heavy atom. The molecular formula is C23H38O5. The Morgan fingerprint density at radius 1 is 0.857 bits per heavy atom. The molecule has 2 saturated heterocycles. The molecule has 3 aliphatic carbocycles. The molecule has 2 heterocycles.